The van der Waals surface area contributed by atoms with Crippen LogP contribution in [-0.4, -0.2) is 66.0 Å². The van der Waals surface area contributed by atoms with Crippen LogP contribution in [0, 0.1) is 16.0 Å². The van der Waals surface area contributed by atoms with E-state index in [4.69, 9.17) is 0 Å². The molecule has 2 fully saturated rings. The zero-order valence-electron chi connectivity index (χ0n) is 15.5. The van der Waals surface area contributed by atoms with E-state index < -0.39 is 14.9 Å². The van der Waals surface area contributed by atoms with Gasteiger partial charge in [-0.05, 0) is 63.7 Å². The first-order valence-corrected chi connectivity index (χ1v) is 10.9. The first-order valence-electron chi connectivity index (χ1n) is 9.46. The fourth-order valence-electron chi connectivity index (χ4n) is 4.10. The Morgan fingerprint density at radius 3 is 2.11 bits per heavy atom. The minimum atomic E-state index is -3.62. The van der Waals surface area contributed by atoms with Gasteiger partial charge in [0, 0.05) is 31.3 Å². The lowest BCUT2D eigenvalue weighted by molar-refractivity contribution is -0.384. The lowest BCUT2D eigenvalue weighted by Crippen LogP contribution is -2.49. The van der Waals surface area contributed by atoms with Gasteiger partial charge in [-0.15, -0.1) is 0 Å². The molecule has 0 radical (unpaired) electrons. The highest BCUT2D eigenvalue weighted by Crippen LogP contribution is 2.28. The number of sulfonamides is 1. The number of aliphatic hydroxyl groups is 1. The predicted molar refractivity (Wildman–Crippen MR) is 101 cm³/mol. The van der Waals surface area contributed by atoms with Crippen LogP contribution in [-0.2, 0) is 10.0 Å². The zero-order chi connectivity index (χ0) is 19.6. The molecule has 2 aliphatic rings. The maximum atomic E-state index is 12.8. The van der Waals surface area contributed by atoms with Crippen LogP contribution in [0.5, 0.6) is 0 Å². The molecule has 1 atom stereocenters. The molecule has 0 amide bonds. The average molecular weight is 397 g/mol. The van der Waals surface area contributed by atoms with E-state index in [9.17, 15) is 23.6 Å². The molecule has 2 heterocycles. The third-order valence-corrected chi connectivity index (χ3v) is 7.79. The van der Waals surface area contributed by atoms with Crippen LogP contribution in [0.3, 0.4) is 0 Å². The normalized spacial score (nSPS) is 22.6. The molecule has 2 aliphatic heterocycles. The predicted octanol–water partition coefficient (Wildman–Crippen LogP) is 1.84. The molecular weight excluding hydrogens is 370 g/mol. The van der Waals surface area contributed by atoms with Gasteiger partial charge in [0.1, 0.15) is 0 Å². The Balaban J connectivity index is 1.57. The summed E-state index contributed by atoms with van der Waals surface area (Å²) in [6, 6.07) is 5.45. The van der Waals surface area contributed by atoms with Crippen molar-refractivity contribution < 1.29 is 18.4 Å². The number of nitro groups is 1. The molecular formula is C18H27N3O5S. The van der Waals surface area contributed by atoms with Gasteiger partial charge in [0.05, 0.1) is 15.9 Å². The van der Waals surface area contributed by atoms with Crippen molar-refractivity contribution in [3.8, 4) is 0 Å². The number of benzene rings is 1. The molecule has 1 aromatic rings. The van der Waals surface area contributed by atoms with Gasteiger partial charge in [0.15, 0.2) is 0 Å². The maximum absolute atomic E-state index is 12.8. The van der Waals surface area contributed by atoms with Gasteiger partial charge >= 0.3 is 0 Å². The van der Waals surface area contributed by atoms with Gasteiger partial charge in [-0.2, -0.15) is 4.31 Å². The summed E-state index contributed by atoms with van der Waals surface area (Å²) in [4.78, 5) is 12.7. The van der Waals surface area contributed by atoms with Crippen LogP contribution in [0.1, 0.15) is 32.6 Å². The summed E-state index contributed by atoms with van der Waals surface area (Å²) in [5, 5.41) is 20.5. The molecule has 1 N–H and O–H groups in total. The molecule has 2 saturated heterocycles. The van der Waals surface area contributed by atoms with Crippen molar-refractivity contribution in [1.29, 1.82) is 0 Å². The molecule has 0 aromatic heterocycles. The maximum Gasteiger partial charge on any atom is 0.269 e. The highest BCUT2D eigenvalue weighted by Gasteiger charge is 2.33. The van der Waals surface area contributed by atoms with Crippen molar-refractivity contribution in [3.05, 3.63) is 34.4 Å². The second kappa shape index (κ2) is 8.22. The molecule has 9 heteroatoms. The third-order valence-electron chi connectivity index (χ3n) is 5.88. The van der Waals surface area contributed by atoms with Crippen LogP contribution in [0.15, 0.2) is 29.2 Å². The molecule has 0 aliphatic carbocycles. The Morgan fingerprint density at radius 1 is 1.07 bits per heavy atom. The quantitative estimate of drug-likeness (QED) is 0.601. The number of piperidine rings is 2. The Kier molecular flexibility index (Phi) is 6.15. The van der Waals surface area contributed by atoms with Crippen LogP contribution in [0.25, 0.3) is 0 Å². The Labute approximate surface area is 160 Å². The Hall–Kier alpha value is -1.55. The van der Waals surface area contributed by atoms with Crippen LogP contribution < -0.4 is 0 Å². The van der Waals surface area contributed by atoms with Crippen LogP contribution in [0.4, 0.5) is 5.69 Å². The van der Waals surface area contributed by atoms with Crippen LogP contribution in [0.2, 0.25) is 0 Å². The molecule has 27 heavy (non-hydrogen) atoms. The van der Waals surface area contributed by atoms with Gasteiger partial charge in [0.2, 0.25) is 10.0 Å². The van der Waals surface area contributed by atoms with Crippen molar-refractivity contribution in [1.82, 2.24) is 9.21 Å². The van der Waals surface area contributed by atoms with Crippen molar-refractivity contribution in [2.75, 3.05) is 26.2 Å². The first-order chi connectivity index (χ1) is 12.8. The fourth-order valence-corrected chi connectivity index (χ4v) is 5.57. The fraction of sp³-hybridized carbons (Fsp3) is 0.667. The molecule has 150 valence electrons. The summed E-state index contributed by atoms with van der Waals surface area (Å²) < 4.78 is 27.0. The summed E-state index contributed by atoms with van der Waals surface area (Å²) >= 11 is 0. The van der Waals surface area contributed by atoms with E-state index in [0.717, 1.165) is 38.8 Å². The van der Waals surface area contributed by atoms with Gasteiger partial charge in [0.25, 0.3) is 5.69 Å². The molecule has 3 rings (SSSR count). The highest BCUT2D eigenvalue weighted by molar-refractivity contribution is 7.89. The van der Waals surface area contributed by atoms with E-state index in [0.29, 0.717) is 25.0 Å². The molecule has 1 aromatic carbocycles. The van der Waals surface area contributed by atoms with Gasteiger partial charge in [-0.1, -0.05) is 0 Å². The number of hydrogen-bond donors (Lipinski definition) is 1. The lowest BCUT2D eigenvalue weighted by atomic mass is 9.90. The minimum absolute atomic E-state index is 0.101. The molecule has 0 saturated carbocycles. The SMILES string of the molecule is CC(O)C1CCN(C2CCN(S(=O)(=O)c3ccc([N+](=O)[O-])cc3)CC2)CC1. The average Bonchev–Trinajstić information content (AvgIpc) is 2.68. The number of rotatable bonds is 5. The third kappa shape index (κ3) is 4.48. The van der Waals surface area contributed by atoms with E-state index >= 15 is 0 Å². The van der Waals surface area contributed by atoms with E-state index in [2.05, 4.69) is 4.90 Å². The number of nitro benzene ring substituents is 1. The number of aliphatic hydroxyl groups excluding tert-OH is 1. The van der Waals surface area contributed by atoms with Crippen molar-refractivity contribution in [2.45, 2.75) is 49.6 Å². The van der Waals surface area contributed by atoms with Crippen molar-refractivity contribution >= 4 is 15.7 Å². The monoisotopic (exact) mass is 397 g/mol. The Bertz CT molecular complexity index is 750. The molecule has 1 unspecified atom stereocenters. The molecule has 0 bridgehead atoms. The minimum Gasteiger partial charge on any atom is -0.393 e. The van der Waals surface area contributed by atoms with Gasteiger partial charge in [-0.25, -0.2) is 8.42 Å². The number of hydrogen-bond acceptors (Lipinski definition) is 6. The smallest absolute Gasteiger partial charge is 0.269 e. The standard InChI is InChI=1S/C18H27N3O5S/c1-14(22)15-6-10-19(11-7-15)16-8-12-20(13-9-16)27(25,26)18-4-2-17(3-5-18)21(23)24/h2-5,14-16,22H,6-13H2,1H3. The number of nitrogens with zero attached hydrogens (tertiary/aromatic N) is 3. The van der Waals surface area contributed by atoms with Crippen LogP contribution >= 0.6 is 0 Å². The van der Waals surface area contributed by atoms with Gasteiger partial charge < -0.3 is 10.0 Å². The summed E-state index contributed by atoms with van der Waals surface area (Å²) in [5.41, 5.74) is -0.117. The second-order valence-electron chi connectivity index (χ2n) is 7.50. The van der Waals surface area contributed by atoms with E-state index in [1.54, 1.807) is 0 Å². The summed E-state index contributed by atoms with van der Waals surface area (Å²) in [5.74, 6) is 0.365. The Morgan fingerprint density at radius 2 is 1.63 bits per heavy atom. The van der Waals surface area contributed by atoms with Crippen molar-refractivity contribution in [3.63, 3.8) is 0 Å². The van der Waals surface area contributed by atoms with E-state index in [1.165, 1.54) is 28.6 Å². The highest BCUT2D eigenvalue weighted by atomic mass is 32.2. The van der Waals surface area contributed by atoms with Gasteiger partial charge in [-0.3, -0.25) is 10.1 Å². The zero-order valence-corrected chi connectivity index (χ0v) is 16.3. The number of non-ortho nitro benzene ring substituents is 1. The summed E-state index contributed by atoms with van der Waals surface area (Å²) in [6.45, 7) is 4.67. The molecule has 0 spiro atoms. The largest absolute Gasteiger partial charge is 0.393 e. The second-order valence-corrected chi connectivity index (χ2v) is 9.44. The lowest BCUT2D eigenvalue weighted by Gasteiger charge is -2.41. The first kappa shape index (κ1) is 20.2. The van der Waals surface area contributed by atoms with E-state index in [1.807, 2.05) is 6.92 Å². The topological polar surface area (TPSA) is 104 Å². The summed E-state index contributed by atoms with van der Waals surface area (Å²) in [7, 11) is -3.62. The van der Waals surface area contributed by atoms with Crippen molar-refractivity contribution in [2.24, 2.45) is 5.92 Å². The summed E-state index contributed by atoms with van der Waals surface area (Å²) in [6.07, 6.45) is 3.27. The van der Waals surface area contributed by atoms with E-state index in [-0.39, 0.29) is 16.7 Å². The molecule has 8 nitrogen and oxygen atoms in total. The number of likely N-dealkylation sites (tertiary alicyclic amines) is 1.